The monoisotopic (exact) mass is 202 g/mol. The number of alkyl halides is 2. The standard InChI is InChI=1S/C6H12ClFO4/c1-3(10)5(12)6(7,8)4(11)2-9/h3-5,9-12H,2H2,1H3. The zero-order chi connectivity index (χ0) is 9.94. The normalized spacial score (nSPS) is 24.2. The second-order valence-corrected chi connectivity index (χ2v) is 3.14. The van der Waals surface area contributed by atoms with Crippen LogP contribution in [-0.4, -0.2) is 50.5 Å². The van der Waals surface area contributed by atoms with Crippen molar-refractivity contribution < 1.29 is 24.8 Å². The van der Waals surface area contributed by atoms with Gasteiger partial charge in [0.2, 0.25) is 5.13 Å². The molecule has 0 bridgehead atoms. The van der Waals surface area contributed by atoms with Gasteiger partial charge in [0.05, 0.1) is 12.7 Å². The maximum absolute atomic E-state index is 13.1. The lowest BCUT2D eigenvalue weighted by Crippen LogP contribution is -2.50. The first kappa shape index (κ1) is 12.1. The van der Waals surface area contributed by atoms with Crippen molar-refractivity contribution in [2.75, 3.05) is 6.61 Å². The lowest BCUT2D eigenvalue weighted by atomic mass is 10.1. The van der Waals surface area contributed by atoms with Crippen molar-refractivity contribution in [2.24, 2.45) is 0 Å². The predicted octanol–water partition coefficient (Wildman–Crippen LogP) is -1.01. The van der Waals surface area contributed by atoms with Crippen molar-refractivity contribution in [1.82, 2.24) is 0 Å². The Morgan fingerprint density at radius 2 is 1.83 bits per heavy atom. The number of hydrogen-bond acceptors (Lipinski definition) is 4. The van der Waals surface area contributed by atoms with E-state index in [4.69, 9.17) is 32.0 Å². The van der Waals surface area contributed by atoms with E-state index in [0.717, 1.165) is 6.92 Å². The van der Waals surface area contributed by atoms with E-state index in [1.807, 2.05) is 0 Å². The zero-order valence-electron chi connectivity index (χ0n) is 6.48. The van der Waals surface area contributed by atoms with Gasteiger partial charge in [-0.1, -0.05) is 11.6 Å². The average Bonchev–Trinajstić information content (AvgIpc) is 2.01. The smallest absolute Gasteiger partial charge is 0.239 e. The molecule has 0 aliphatic carbocycles. The van der Waals surface area contributed by atoms with Gasteiger partial charge in [0.25, 0.3) is 0 Å². The minimum absolute atomic E-state index is 0.927. The molecule has 0 aliphatic heterocycles. The summed E-state index contributed by atoms with van der Waals surface area (Å²) in [5, 5.41) is 31.8. The number of halogens is 2. The largest absolute Gasteiger partial charge is 0.394 e. The highest BCUT2D eigenvalue weighted by atomic mass is 35.5. The number of aliphatic hydroxyl groups excluding tert-OH is 4. The van der Waals surface area contributed by atoms with E-state index in [-0.39, 0.29) is 0 Å². The first-order chi connectivity index (χ1) is 5.34. The number of hydrogen-bond donors (Lipinski definition) is 4. The zero-order valence-corrected chi connectivity index (χ0v) is 7.24. The summed E-state index contributed by atoms with van der Waals surface area (Å²) in [6, 6.07) is 0. The molecule has 74 valence electrons. The average molecular weight is 203 g/mol. The van der Waals surface area contributed by atoms with Gasteiger partial charge in [-0.15, -0.1) is 0 Å². The van der Waals surface area contributed by atoms with Gasteiger partial charge in [0.15, 0.2) is 0 Å². The molecule has 4 unspecified atom stereocenters. The molecule has 4 N–H and O–H groups in total. The van der Waals surface area contributed by atoms with Crippen molar-refractivity contribution in [3.63, 3.8) is 0 Å². The van der Waals surface area contributed by atoms with Gasteiger partial charge < -0.3 is 20.4 Å². The van der Waals surface area contributed by atoms with Crippen LogP contribution in [-0.2, 0) is 0 Å². The summed E-state index contributed by atoms with van der Waals surface area (Å²) in [4.78, 5) is 0. The van der Waals surface area contributed by atoms with Crippen molar-refractivity contribution in [2.45, 2.75) is 30.4 Å². The van der Waals surface area contributed by atoms with Gasteiger partial charge >= 0.3 is 0 Å². The summed E-state index contributed by atoms with van der Waals surface area (Å²) in [6.07, 6.45) is -5.29. The van der Waals surface area contributed by atoms with Crippen molar-refractivity contribution in [3.8, 4) is 0 Å². The molecule has 0 fully saturated rings. The molecule has 0 amide bonds. The van der Waals surface area contributed by atoms with E-state index in [9.17, 15) is 4.39 Å². The Labute approximate surface area is 74.2 Å². The van der Waals surface area contributed by atoms with Crippen LogP contribution in [0.3, 0.4) is 0 Å². The highest BCUT2D eigenvalue weighted by Crippen LogP contribution is 2.28. The summed E-state index contributed by atoms with van der Waals surface area (Å²) < 4.78 is 13.1. The molecule has 0 radical (unpaired) electrons. The maximum atomic E-state index is 13.1. The van der Waals surface area contributed by atoms with E-state index in [1.54, 1.807) is 0 Å². The fourth-order valence-corrected chi connectivity index (χ4v) is 0.892. The van der Waals surface area contributed by atoms with Gasteiger partial charge in [-0.3, -0.25) is 0 Å². The lowest BCUT2D eigenvalue weighted by Gasteiger charge is -2.29. The molecule has 0 aromatic rings. The maximum Gasteiger partial charge on any atom is 0.239 e. The molecule has 0 heterocycles. The van der Waals surface area contributed by atoms with E-state index >= 15 is 0 Å². The summed E-state index contributed by atoms with van der Waals surface area (Å²) in [6.45, 7) is 0.190. The van der Waals surface area contributed by atoms with Crippen molar-refractivity contribution in [1.29, 1.82) is 0 Å². The molecular weight excluding hydrogens is 191 g/mol. The fraction of sp³-hybridized carbons (Fsp3) is 1.00. The molecule has 12 heavy (non-hydrogen) atoms. The highest BCUT2D eigenvalue weighted by molar-refractivity contribution is 6.23. The van der Waals surface area contributed by atoms with E-state index in [0.29, 0.717) is 0 Å². The molecule has 4 atom stereocenters. The van der Waals surface area contributed by atoms with E-state index in [1.165, 1.54) is 0 Å². The SMILES string of the molecule is CC(O)C(O)C(F)(Cl)C(O)CO. The molecule has 6 heteroatoms. The first-order valence-corrected chi connectivity index (χ1v) is 3.74. The molecule has 0 saturated carbocycles. The van der Waals surface area contributed by atoms with E-state index in [2.05, 4.69) is 0 Å². The van der Waals surface area contributed by atoms with Crippen LogP contribution >= 0.6 is 11.6 Å². The van der Waals surface area contributed by atoms with Crippen LogP contribution in [0.4, 0.5) is 4.39 Å². The summed E-state index contributed by atoms with van der Waals surface area (Å²) in [5.41, 5.74) is 0. The molecule has 0 saturated heterocycles. The van der Waals surface area contributed by atoms with Crippen LogP contribution in [0.25, 0.3) is 0 Å². The minimum Gasteiger partial charge on any atom is -0.394 e. The van der Waals surface area contributed by atoms with Crippen LogP contribution in [0.1, 0.15) is 6.92 Å². The molecule has 0 aromatic heterocycles. The Hall–Kier alpha value is 0.0600. The van der Waals surface area contributed by atoms with Gasteiger partial charge in [-0.25, -0.2) is 4.39 Å². The van der Waals surface area contributed by atoms with Crippen LogP contribution in [0.15, 0.2) is 0 Å². The third-order valence-corrected chi connectivity index (χ3v) is 1.94. The number of aliphatic hydroxyl groups is 4. The van der Waals surface area contributed by atoms with Crippen LogP contribution in [0, 0.1) is 0 Å². The molecular formula is C6H12ClFO4. The summed E-state index contributed by atoms with van der Waals surface area (Å²) >= 11 is 5.05. The molecule has 4 nitrogen and oxygen atoms in total. The van der Waals surface area contributed by atoms with Crippen molar-refractivity contribution >= 4 is 11.6 Å². The van der Waals surface area contributed by atoms with Crippen molar-refractivity contribution in [3.05, 3.63) is 0 Å². The second-order valence-electron chi connectivity index (χ2n) is 2.56. The van der Waals surface area contributed by atoms with Crippen LogP contribution in [0.5, 0.6) is 0 Å². The minimum atomic E-state index is -2.93. The Bertz CT molecular complexity index is 142. The third-order valence-electron chi connectivity index (χ3n) is 1.47. The van der Waals surface area contributed by atoms with E-state index < -0.39 is 30.0 Å². The Balaban J connectivity index is 4.37. The predicted molar refractivity (Wildman–Crippen MR) is 40.5 cm³/mol. The summed E-state index contributed by atoms with van der Waals surface area (Å²) in [5.74, 6) is 0. The molecule has 0 spiro atoms. The Morgan fingerprint density at radius 3 is 2.08 bits per heavy atom. The first-order valence-electron chi connectivity index (χ1n) is 3.37. The molecule has 0 aliphatic rings. The molecule has 0 rings (SSSR count). The number of rotatable bonds is 4. The third kappa shape index (κ3) is 2.53. The molecule has 0 aromatic carbocycles. The summed E-state index contributed by atoms with van der Waals surface area (Å²) in [7, 11) is 0. The Kier molecular flexibility index (Phi) is 4.36. The quantitative estimate of drug-likeness (QED) is 0.440. The topological polar surface area (TPSA) is 80.9 Å². The van der Waals surface area contributed by atoms with Gasteiger partial charge in [0.1, 0.15) is 12.2 Å². The highest BCUT2D eigenvalue weighted by Gasteiger charge is 2.45. The van der Waals surface area contributed by atoms with Gasteiger partial charge in [-0.05, 0) is 6.92 Å². The Morgan fingerprint density at radius 1 is 1.42 bits per heavy atom. The van der Waals surface area contributed by atoms with Gasteiger partial charge in [0, 0.05) is 0 Å². The second kappa shape index (κ2) is 4.34. The fourth-order valence-electron chi connectivity index (χ4n) is 0.640. The lowest BCUT2D eigenvalue weighted by molar-refractivity contribution is -0.0983. The van der Waals surface area contributed by atoms with Crippen LogP contribution in [0.2, 0.25) is 0 Å². The van der Waals surface area contributed by atoms with Crippen LogP contribution < -0.4 is 0 Å². The van der Waals surface area contributed by atoms with Gasteiger partial charge in [-0.2, -0.15) is 0 Å².